The van der Waals surface area contributed by atoms with Gasteiger partial charge < -0.3 is 10.4 Å². The molecule has 1 atom stereocenters. The molecule has 0 radical (unpaired) electrons. The molecule has 0 aromatic rings. The summed E-state index contributed by atoms with van der Waals surface area (Å²) in [7, 11) is 1.39. The molecule has 0 bridgehead atoms. The summed E-state index contributed by atoms with van der Waals surface area (Å²) in [5.74, 6) is -0.549. The van der Waals surface area contributed by atoms with Crippen LogP contribution < -0.4 is 5.32 Å². The Morgan fingerprint density at radius 2 is 2.60 bits per heavy atom. The molecule has 1 amide bonds. The van der Waals surface area contributed by atoms with Crippen LogP contribution in [0.3, 0.4) is 0 Å². The largest absolute Gasteiger partial charge is 0.383 e. The predicted octanol–water partition coefficient (Wildman–Crippen LogP) is -0.596. The molecule has 0 heterocycles. The van der Waals surface area contributed by atoms with Gasteiger partial charge >= 0.3 is 0 Å². The smallest absolute Gasteiger partial charge is 0.248 e. The maximum absolute atomic E-state index is 10.5. The minimum atomic E-state index is -1.24. The average molecular weight is 144 g/mol. The van der Waals surface area contributed by atoms with E-state index >= 15 is 0 Å². The maximum atomic E-state index is 10.5. The zero-order valence-electron chi connectivity index (χ0n) is 5.48. The quantitative estimate of drug-likeness (QED) is 0.314. The fourth-order valence-corrected chi connectivity index (χ4v) is 0.363. The van der Waals surface area contributed by atoms with Crippen LogP contribution in [0.15, 0.2) is 5.11 Å². The molecule has 0 aliphatic heterocycles. The van der Waals surface area contributed by atoms with Gasteiger partial charge in [-0.25, -0.2) is 0 Å². The van der Waals surface area contributed by atoms with Gasteiger partial charge in [0.1, 0.15) is 6.10 Å². The first-order chi connectivity index (χ1) is 4.72. The van der Waals surface area contributed by atoms with Crippen LogP contribution in [0.4, 0.5) is 0 Å². The van der Waals surface area contributed by atoms with Crippen LogP contribution in [0.1, 0.15) is 0 Å². The van der Waals surface area contributed by atoms with E-state index in [4.69, 9.17) is 10.6 Å². The molecule has 0 saturated heterocycles. The van der Waals surface area contributed by atoms with E-state index in [0.29, 0.717) is 0 Å². The molecule has 0 aliphatic rings. The SMILES string of the molecule is CNC(=O)[C@H](O)CN=[N+]=[N-]. The van der Waals surface area contributed by atoms with E-state index in [1.807, 2.05) is 0 Å². The first-order valence-electron chi connectivity index (χ1n) is 2.63. The van der Waals surface area contributed by atoms with Crippen LogP contribution in [0.2, 0.25) is 0 Å². The van der Waals surface area contributed by atoms with Gasteiger partial charge in [-0.3, -0.25) is 4.79 Å². The maximum Gasteiger partial charge on any atom is 0.248 e. The second-order valence-corrected chi connectivity index (χ2v) is 1.54. The molecule has 0 fully saturated rings. The Bertz CT molecular complexity index is 163. The lowest BCUT2D eigenvalue weighted by atomic mass is 10.3. The minimum Gasteiger partial charge on any atom is -0.383 e. The lowest BCUT2D eigenvalue weighted by molar-refractivity contribution is -0.128. The van der Waals surface area contributed by atoms with E-state index in [1.165, 1.54) is 7.05 Å². The van der Waals surface area contributed by atoms with Crippen LogP contribution >= 0.6 is 0 Å². The normalized spacial score (nSPS) is 11.4. The van der Waals surface area contributed by atoms with Gasteiger partial charge in [-0.2, -0.15) is 0 Å². The molecule has 0 unspecified atom stereocenters. The van der Waals surface area contributed by atoms with E-state index in [9.17, 15) is 4.79 Å². The first kappa shape index (κ1) is 8.74. The minimum absolute atomic E-state index is 0.226. The lowest BCUT2D eigenvalue weighted by Gasteiger charge is -2.02. The highest BCUT2D eigenvalue weighted by Crippen LogP contribution is 1.83. The topological polar surface area (TPSA) is 98.1 Å². The van der Waals surface area contributed by atoms with E-state index in [-0.39, 0.29) is 6.54 Å². The number of amides is 1. The van der Waals surface area contributed by atoms with Crippen molar-refractivity contribution in [1.29, 1.82) is 0 Å². The summed E-state index contributed by atoms with van der Waals surface area (Å²) in [4.78, 5) is 12.9. The lowest BCUT2D eigenvalue weighted by Crippen LogP contribution is -2.33. The highest BCUT2D eigenvalue weighted by molar-refractivity contribution is 5.80. The molecule has 0 aromatic heterocycles. The number of carbonyl (C=O) groups is 1. The van der Waals surface area contributed by atoms with Crippen molar-refractivity contribution in [3.05, 3.63) is 10.4 Å². The number of carbonyl (C=O) groups excluding carboxylic acids is 1. The van der Waals surface area contributed by atoms with Crippen molar-refractivity contribution in [3.63, 3.8) is 0 Å². The second-order valence-electron chi connectivity index (χ2n) is 1.54. The number of aliphatic hydroxyl groups is 1. The fourth-order valence-electron chi connectivity index (χ4n) is 0.363. The van der Waals surface area contributed by atoms with E-state index < -0.39 is 12.0 Å². The summed E-state index contributed by atoms with van der Waals surface area (Å²) in [6.45, 7) is -0.226. The number of likely N-dealkylation sites (N-methyl/N-ethyl adjacent to an activating group) is 1. The van der Waals surface area contributed by atoms with Crippen LogP contribution in [-0.4, -0.2) is 30.7 Å². The Labute approximate surface area is 57.5 Å². The van der Waals surface area contributed by atoms with Gasteiger partial charge in [-0.1, -0.05) is 5.11 Å². The number of azide groups is 1. The first-order valence-corrected chi connectivity index (χ1v) is 2.63. The zero-order valence-corrected chi connectivity index (χ0v) is 5.48. The molecule has 10 heavy (non-hydrogen) atoms. The Balaban J connectivity index is 3.72. The number of rotatable bonds is 3. The van der Waals surface area contributed by atoms with E-state index in [2.05, 4.69) is 15.3 Å². The fraction of sp³-hybridized carbons (Fsp3) is 0.750. The molecule has 0 saturated carbocycles. The van der Waals surface area contributed by atoms with Crippen molar-refractivity contribution in [3.8, 4) is 0 Å². The summed E-state index contributed by atoms with van der Waals surface area (Å²) in [5, 5.41) is 14.0. The van der Waals surface area contributed by atoms with E-state index in [1.54, 1.807) is 0 Å². The Kier molecular flexibility index (Phi) is 4.02. The summed E-state index contributed by atoms with van der Waals surface area (Å²) >= 11 is 0. The highest BCUT2D eigenvalue weighted by Gasteiger charge is 2.10. The Morgan fingerprint density at radius 3 is 3.00 bits per heavy atom. The second kappa shape index (κ2) is 4.60. The van der Waals surface area contributed by atoms with Gasteiger partial charge in [0.2, 0.25) is 5.91 Å². The molecule has 0 rings (SSSR count). The van der Waals surface area contributed by atoms with Gasteiger partial charge in [0.15, 0.2) is 0 Å². The number of nitrogens with zero attached hydrogens (tertiary/aromatic N) is 3. The molecular weight excluding hydrogens is 136 g/mol. The summed E-state index contributed by atoms with van der Waals surface area (Å²) in [6, 6.07) is 0. The van der Waals surface area contributed by atoms with Crippen molar-refractivity contribution >= 4 is 5.91 Å². The summed E-state index contributed by atoms with van der Waals surface area (Å²) < 4.78 is 0. The molecule has 6 nitrogen and oxygen atoms in total. The van der Waals surface area contributed by atoms with Gasteiger partial charge in [0.05, 0.1) is 6.54 Å². The van der Waals surface area contributed by atoms with Crippen LogP contribution in [-0.2, 0) is 4.79 Å². The number of hydrogen-bond donors (Lipinski definition) is 2. The standard InChI is InChI=1S/C4H8N4O2/c1-6-4(10)3(9)2-7-8-5/h3,9H,2H2,1H3,(H,6,10)/t3-/m1/s1. The third-order valence-corrected chi connectivity index (χ3v) is 0.867. The molecule has 0 aromatic carbocycles. The van der Waals surface area contributed by atoms with Crippen molar-refractivity contribution < 1.29 is 9.90 Å². The van der Waals surface area contributed by atoms with Gasteiger partial charge in [-0.05, 0) is 5.53 Å². The van der Waals surface area contributed by atoms with Gasteiger partial charge in [-0.15, -0.1) is 0 Å². The molecule has 56 valence electrons. The van der Waals surface area contributed by atoms with Crippen LogP contribution in [0.25, 0.3) is 10.4 Å². The van der Waals surface area contributed by atoms with Crippen molar-refractivity contribution in [1.82, 2.24) is 5.32 Å². The third kappa shape index (κ3) is 2.91. The molecule has 0 aliphatic carbocycles. The molecular formula is C4H8N4O2. The molecule has 6 heteroatoms. The average Bonchev–Trinajstić information content (AvgIpc) is 1.98. The Hall–Kier alpha value is -1.26. The van der Waals surface area contributed by atoms with Crippen LogP contribution in [0.5, 0.6) is 0 Å². The van der Waals surface area contributed by atoms with Crippen molar-refractivity contribution in [2.45, 2.75) is 6.10 Å². The number of hydrogen-bond acceptors (Lipinski definition) is 3. The van der Waals surface area contributed by atoms with Crippen molar-refractivity contribution in [2.24, 2.45) is 5.11 Å². The molecule has 2 N–H and O–H groups in total. The number of nitrogens with one attached hydrogen (secondary N) is 1. The van der Waals surface area contributed by atoms with Gasteiger partial charge in [0, 0.05) is 12.0 Å². The predicted molar refractivity (Wildman–Crippen MR) is 34.1 cm³/mol. The number of aliphatic hydroxyl groups excluding tert-OH is 1. The van der Waals surface area contributed by atoms with Gasteiger partial charge in [0.25, 0.3) is 0 Å². The monoisotopic (exact) mass is 144 g/mol. The summed E-state index contributed by atoms with van der Waals surface area (Å²) in [6.07, 6.45) is -1.24. The highest BCUT2D eigenvalue weighted by atomic mass is 16.3. The van der Waals surface area contributed by atoms with Crippen molar-refractivity contribution in [2.75, 3.05) is 13.6 Å². The Morgan fingerprint density at radius 1 is 2.00 bits per heavy atom. The third-order valence-electron chi connectivity index (χ3n) is 0.867. The zero-order chi connectivity index (χ0) is 7.98. The summed E-state index contributed by atoms with van der Waals surface area (Å²) in [5.41, 5.74) is 7.79. The molecule has 0 spiro atoms. The van der Waals surface area contributed by atoms with Crippen LogP contribution in [0, 0.1) is 0 Å². The van der Waals surface area contributed by atoms with E-state index in [0.717, 1.165) is 0 Å².